The molecule has 2 atom stereocenters. The zero-order valence-corrected chi connectivity index (χ0v) is 30.4. The van der Waals surface area contributed by atoms with E-state index in [2.05, 4.69) is 15.3 Å². The molecule has 0 spiro atoms. The monoisotopic (exact) mass is 743 g/mol. The number of methoxy groups -OCH3 is 3. The minimum Gasteiger partial charge on any atom is -0.496 e. The van der Waals surface area contributed by atoms with Gasteiger partial charge in [-0.3, -0.25) is 4.79 Å². The Hall–Kier alpha value is -5.76. The standard InChI is InChI=1S/C38H41N5O9S/c1-48-29-22-33(49-2)32(34(23-29)50-3)25-40-37(45)38(18-21-53(46,47)30-11-5-4-6-12-30)35(31-13-8-7-10-27(31)24-41-43-39)52-36(42-38)26-14-16-28(17-15-26)51-20-9-19-44/h4-8,10-17,22-23,35,44H,9,18-21,24-25H2,1-3H3,(H,40,45)/t35-,38-/m1/s1. The smallest absolute Gasteiger partial charge is 0.252 e. The molecule has 5 rings (SSSR count). The molecule has 4 aromatic rings. The summed E-state index contributed by atoms with van der Waals surface area (Å²) in [6, 6.07) is 25.2. The van der Waals surface area contributed by atoms with Crippen LogP contribution in [0.25, 0.3) is 10.4 Å². The lowest BCUT2D eigenvalue weighted by Crippen LogP contribution is -2.49. The number of benzene rings is 4. The highest BCUT2D eigenvalue weighted by Crippen LogP contribution is 2.45. The Kier molecular flexibility index (Phi) is 12.8. The summed E-state index contributed by atoms with van der Waals surface area (Å²) in [5.74, 6) is 0.851. The molecule has 0 radical (unpaired) electrons. The van der Waals surface area contributed by atoms with Crippen molar-refractivity contribution in [1.29, 1.82) is 0 Å². The van der Waals surface area contributed by atoms with E-state index in [1.165, 1.54) is 33.5 Å². The number of ether oxygens (including phenoxy) is 5. The average molecular weight is 744 g/mol. The first-order valence-electron chi connectivity index (χ1n) is 16.7. The molecule has 1 aliphatic heterocycles. The third-order valence-electron chi connectivity index (χ3n) is 8.77. The van der Waals surface area contributed by atoms with Gasteiger partial charge in [-0.1, -0.05) is 47.6 Å². The Bertz CT molecular complexity index is 2050. The molecule has 0 unspecified atom stereocenters. The van der Waals surface area contributed by atoms with Crippen molar-refractivity contribution >= 4 is 21.6 Å². The van der Waals surface area contributed by atoms with Crippen LogP contribution in [0.4, 0.5) is 0 Å². The first-order chi connectivity index (χ1) is 25.7. The van der Waals surface area contributed by atoms with Crippen LogP contribution < -0.4 is 24.3 Å². The predicted octanol–water partition coefficient (Wildman–Crippen LogP) is 5.72. The van der Waals surface area contributed by atoms with Gasteiger partial charge < -0.3 is 34.1 Å². The van der Waals surface area contributed by atoms with Crippen LogP contribution in [0.3, 0.4) is 0 Å². The fourth-order valence-corrected chi connectivity index (χ4v) is 7.39. The second kappa shape index (κ2) is 17.6. The van der Waals surface area contributed by atoms with Crippen molar-refractivity contribution in [3.05, 3.63) is 124 Å². The Morgan fingerprint density at radius 1 is 0.962 bits per heavy atom. The molecular weight excluding hydrogens is 703 g/mol. The number of carbonyl (C=O) groups is 1. The van der Waals surface area contributed by atoms with Crippen molar-refractivity contribution in [3.8, 4) is 23.0 Å². The third kappa shape index (κ3) is 8.83. The van der Waals surface area contributed by atoms with Crippen LogP contribution in [0.5, 0.6) is 23.0 Å². The van der Waals surface area contributed by atoms with Crippen molar-refractivity contribution < 1.29 is 42.0 Å². The van der Waals surface area contributed by atoms with Gasteiger partial charge in [0.25, 0.3) is 5.91 Å². The lowest BCUT2D eigenvalue weighted by Gasteiger charge is -2.31. The molecule has 1 heterocycles. The molecule has 0 saturated carbocycles. The zero-order valence-electron chi connectivity index (χ0n) is 29.6. The molecule has 4 aromatic carbocycles. The number of aliphatic imine (C=N–C) groups is 1. The summed E-state index contributed by atoms with van der Waals surface area (Å²) in [6.45, 7) is 0.176. The molecule has 15 heteroatoms. The number of hydrogen-bond acceptors (Lipinski definition) is 11. The van der Waals surface area contributed by atoms with Gasteiger partial charge in [-0.25, -0.2) is 13.4 Å². The minimum absolute atomic E-state index is 0.00651. The molecule has 14 nitrogen and oxygen atoms in total. The largest absolute Gasteiger partial charge is 0.496 e. The van der Waals surface area contributed by atoms with Gasteiger partial charge in [0.2, 0.25) is 5.90 Å². The van der Waals surface area contributed by atoms with Crippen LogP contribution in [0.2, 0.25) is 0 Å². The normalized spacial score (nSPS) is 16.5. The van der Waals surface area contributed by atoms with Gasteiger partial charge in [0.15, 0.2) is 21.5 Å². The summed E-state index contributed by atoms with van der Waals surface area (Å²) in [5, 5.41) is 15.9. The van der Waals surface area contributed by atoms with E-state index < -0.39 is 33.1 Å². The summed E-state index contributed by atoms with van der Waals surface area (Å²) in [6.07, 6.45) is -0.959. The lowest BCUT2D eigenvalue weighted by molar-refractivity contribution is -0.129. The zero-order chi connectivity index (χ0) is 37.8. The number of hydrogen-bond donors (Lipinski definition) is 2. The summed E-state index contributed by atoms with van der Waals surface area (Å²) in [4.78, 5) is 22.9. The van der Waals surface area contributed by atoms with Crippen LogP contribution in [-0.4, -0.2) is 71.2 Å². The number of rotatable bonds is 18. The van der Waals surface area contributed by atoms with Crippen molar-refractivity contribution in [3.63, 3.8) is 0 Å². The highest BCUT2D eigenvalue weighted by molar-refractivity contribution is 7.91. The van der Waals surface area contributed by atoms with Crippen LogP contribution in [0.1, 0.15) is 41.2 Å². The van der Waals surface area contributed by atoms with Gasteiger partial charge in [0.1, 0.15) is 23.0 Å². The number of carbonyl (C=O) groups excluding carboxylic acids is 1. The number of nitrogens with zero attached hydrogens (tertiary/aromatic N) is 4. The molecular formula is C38H41N5O9S. The maximum Gasteiger partial charge on any atom is 0.252 e. The lowest BCUT2D eigenvalue weighted by atomic mass is 9.83. The fraction of sp³-hybridized carbons (Fsp3) is 0.316. The number of aliphatic hydroxyl groups is 1. The molecule has 1 aliphatic rings. The van der Waals surface area contributed by atoms with Gasteiger partial charge in [-0.15, -0.1) is 0 Å². The SMILES string of the molecule is COc1cc(OC)c(CNC(=O)[C@]2(CCS(=O)(=O)c3ccccc3)N=C(c3ccc(OCCCO)cc3)O[C@@H]2c2ccccc2CN=[N+]=[N-])c(OC)c1. The van der Waals surface area contributed by atoms with E-state index in [1.54, 1.807) is 78.9 Å². The molecule has 0 fully saturated rings. The van der Waals surface area contributed by atoms with Crippen molar-refractivity contribution in [2.45, 2.75) is 42.5 Å². The van der Waals surface area contributed by atoms with E-state index in [1.807, 2.05) is 0 Å². The van der Waals surface area contributed by atoms with E-state index in [-0.39, 0.29) is 36.9 Å². The average Bonchev–Trinajstić information content (AvgIpc) is 3.59. The highest BCUT2D eigenvalue weighted by Gasteiger charge is 2.54. The number of amides is 1. The van der Waals surface area contributed by atoms with E-state index in [0.717, 1.165) is 0 Å². The second-order valence-corrected chi connectivity index (χ2v) is 14.1. The van der Waals surface area contributed by atoms with E-state index in [9.17, 15) is 13.2 Å². The quantitative estimate of drug-likeness (QED) is 0.0555. The fourth-order valence-electron chi connectivity index (χ4n) is 6.00. The first-order valence-corrected chi connectivity index (χ1v) is 18.4. The van der Waals surface area contributed by atoms with Crippen LogP contribution in [-0.2, 0) is 32.5 Å². The van der Waals surface area contributed by atoms with Gasteiger partial charge in [-0.2, -0.15) is 0 Å². The molecule has 278 valence electrons. The summed E-state index contributed by atoms with van der Waals surface area (Å²) < 4.78 is 56.4. The van der Waals surface area contributed by atoms with Crippen LogP contribution in [0.15, 0.2) is 106 Å². The van der Waals surface area contributed by atoms with Crippen molar-refractivity contribution in [1.82, 2.24) is 5.32 Å². The van der Waals surface area contributed by atoms with E-state index >= 15 is 0 Å². The van der Waals surface area contributed by atoms with Crippen LogP contribution in [0, 0.1) is 0 Å². The van der Waals surface area contributed by atoms with Gasteiger partial charge >= 0.3 is 0 Å². The van der Waals surface area contributed by atoms with Gasteiger partial charge in [0.05, 0.1) is 57.2 Å². The molecule has 0 saturated heterocycles. The number of aliphatic hydroxyl groups excluding tert-OH is 1. The Morgan fingerprint density at radius 2 is 1.64 bits per heavy atom. The van der Waals surface area contributed by atoms with Crippen LogP contribution >= 0.6 is 0 Å². The Morgan fingerprint density at radius 3 is 2.28 bits per heavy atom. The first kappa shape index (κ1) is 38.5. The summed E-state index contributed by atoms with van der Waals surface area (Å²) >= 11 is 0. The van der Waals surface area contributed by atoms with Crippen molar-refractivity contribution in [2.24, 2.45) is 10.1 Å². The van der Waals surface area contributed by atoms with E-state index in [4.69, 9.17) is 39.3 Å². The molecule has 0 bridgehead atoms. The topological polar surface area (TPSA) is 191 Å². The maximum absolute atomic E-state index is 14.9. The van der Waals surface area contributed by atoms with Gasteiger partial charge in [0, 0.05) is 42.1 Å². The number of azide groups is 1. The maximum atomic E-state index is 14.9. The molecule has 53 heavy (non-hydrogen) atoms. The Balaban J connectivity index is 1.63. The molecule has 2 N–H and O–H groups in total. The minimum atomic E-state index is -3.90. The highest BCUT2D eigenvalue weighted by atomic mass is 32.2. The summed E-state index contributed by atoms with van der Waals surface area (Å²) in [7, 11) is 0.572. The second-order valence-electron chi connectivity index (χ2n) is 12.0. The van der Waals surface area contributed by atoms with Gasteiger partial charge in [-0.05, 0) is 53.1 Å². The summed E-state index contributed by atoms with van der Waals surface area (Å²) in [5.41, 5.74) is 9.40. The number of nitrogens with one attached hydrogen (secondary N) is 1. The Labute approximate surface area is 307 Å². The molecule has 0 aliphatic carbocycles. The van der Waals surface area contributed by atoms with Crippen molar-refractivity contribution in [2.75, 3.05) is 40.3 Å². The molecule has 1 amide bonds. The van der Waals surface area contributed by atoms with E-state index in [0.29, 0.717) is 58.3 Å². The molecule has 0 aromatic heterocycles. The number of sulfone groups is 1. The third-order valence-corrected chi connectivity index (χ3v) is 10.5. The predicted molar refractivity (Wildman–Crippen MR) is 197 cm³/mol.